The second kappa shape index (κ2) is 40.3. The Balaban J connectivity index is 4.16. The second-order valence-electron chi connectivity index (χ2n) is 14.4. The molecule has 312 valence electrons. The molecule has 0 heterocycles. The predicted octanol–water partition coefficient (Wildman–Crippen LogP) is 11.6. The number of carbonyl (C=O) groups is 1. The number of allylic oxidation sites excluding steroid dienone is 6. The number of esters is 1. The fourth-order valence-electron chi connectivity index (χ4n) is 5.73. The lowest BCUT2D eigenvalue weighted by molar-refractivity contribution is -0.154. The van der Waals surface area contributed by atoms with E-state index in [-0.39, 0.29) is 25.6 Å². The number of rotatable bonds is 41. The highest BCUT2D eigenvalue weighted by atomic mass is 31.2. The summed E-state index contributed by atoms with van der Waals surface area (Å²) in [5.41, 5.74) is 0. The smallest absolute Gasteiger partial charge is 0.457 e. The fraction of sp³-hybridized carbons (Fsp3) is 0.837. The van der Waals surface area contributed by atoms with Crippen molar-refractivity contribution in [2.45, 2.75) is 199 Å². The van der Waals surface area contributed by atoms with Crippen molar-refractivity contribution in [1.82, 2.24) is 0 Å². The van der Waals surface area contributed by atoms with E-state index in [2.05, 4.69) is 50.3 Å². The highest BCUT2D eigenvalue weighted by molar-refractivity contribution is 7.47. The fourth-order valence-corrected chi connectivity index (χ4v) is 6.52. The van der Waals surface area contributed by atoms with E-state index in [4.69, 9.17) is 23.6 Å². The van der Waals surface area contributed by atoms with E-state index < -0.39 is 33.2 Å². The summed E-state index contributed by atoms with van der Waals surface area (Å²) in [4.78, 5) is 22.6. The van der Waals surface area contributed by atoms with Gasteiger partial charge in [0, 0.05) is 13.0 Å². The Morgan fingerprint density at radius 3 is 1.53 bits per heavy atom. The van der Waals surface area contributed by atoms with Crippen molar-refractivity contribution in [3.05, 3.63) is 36.5 Å². The molecular formula is C43H81O9P. The van der Waals surface area contributed by atoms with Crippen molar-refractivity contribution in [2.75, 3.05) is 33.0 Å². The minimum absolute atomic E-state index is 0.0441. The van der Waals surface area contributed by atoms with Gasteiger partial charge in [-0.15, -0.1) is 0 Å². The van der Waals surface area contributed by atoms with Gasteiger partial charge in [-0.1, -0.05) is 147 Å². The molecule has 3 N–H and O–H groups in total. The van der Waals surface area contributed by atoms with E-state index in [9.17, 15) is 19.4 Å². The standard InChI is InChI=1S/C43H81O9P/c1-3-5-7-9-11-13-15-17-18-19-20-21-22-23-25-27-29-31-33-35-43(46)52-42(40-51-53(47,48)50-38-41(45)37-44)39-49-36-34-32-30-28-26-24-16-14-12-10-8-6-4-2/h11-14,17-18,41-42,44-45H,3-10,15-16,19-40H2,1-2H3,(H,47,48)/b13-11-,14-12-,18-17-. The van der Waals surface area contributed by atoms with Crippen molar-refractivity contribution in [3.8, 4) is 0 Å². The first-order valence-corrected chi connectivity index (χ1v) is 23.0. The molecule has 53 heavy (non-hydrogen) atoms. The number of unbranched alkanes of at least 4 members (excludes halogenated alkanes) is 21. The van der Waals surface area contributed by atoms with Crippen LogP contribution in [0.2, 0.25) is 0 Å². The first kappa shape index (κ1) is 51.7. The molecule has 0 aliphatic heterocycles. The molecule has 0 aromatic rings. The van der Waals surface area contributed by atoms with Gasteiger partial charge >= 0.3 is 13.8 Å². The molecule has 0 aromatic heterocycles. The van der Waals surface area contributed by atoms with E-state index in [1.54, 1.807) is 0 Å². The molecule has 3 unspecified atom stereocenters. The van der Waals surface area contributed by atoms with Crippen LogP contribution in [0.3, 0.4) is 0 Å². The average molecular weight is 773 g/mol. The van der Waals surface area contributed by atoms with Crippen molar-refractivity contribution >= 4 is 13.8 Å². The molecule has 9 nitrogen and oxygen atoms in total. The van der Waals surface area contributed by atoms with Crippen LogP contribution in [0.1, 0.15) is 187 Å². The van der Waals surface area contributed by atoms with Gasteiger partial charge in [0.1, 0.15) is 12.2 Å². The molecule has 0 radical (unpaired) electrons. The summed E-state index contributed by atoms with van der Waals surface area (Å²) in [7, 11) is -4.52. The Morgan fingerprint density at radius 2 is 1.02 bits per heavy atom. The van der Waals surface area contributed by atoms with Crippen LogP contribution in [0.5, 0.6) is 0 Å². The maximum atomic E-state index is 12.6. The molecule has 0 saturated carbocycles. The van der Waals surface area contributed by atoms with Crippen molar-refractivity contribution in [1.29, 1.82) is 0 Å². The lowest BCUT2D eigenvalue weighted by Gasteiger charge is -2.20. The molecule has 3 atom stereocenters. The van der Waals surface area contributed by atoms with Gasteiger partial charge < -0.3 is 24.6 Å². The monoisotopic (exact) mass is 773 g/mol. The summed E-state index contributed by atoms with van der Waals surface area (Å²) < 4.78 is 33.3. The van der Waals surface area contributed by atoms with Crippen molar-refractivity contribution in [2.24, 2.45) is 0 Å². The largest absolute Gasteiger partial charge is 0.472 e. The molecule has 0 fully saturated rings. The first-order valence-electron chi connectivity index (χ1n) is 21.5. The number of hydrogen-bond acceptors (Lipinski definition) is 8. The van der Waals surface area contributed by atoms with Gasteiger partial charge in [0.25, 0.3) is 0 Å². The molecule has 0 aliphatic rings. The van der Waals surface area contributed by atoms with Crippen LogP contribution in [0.25, 0.3) is 0 Å². The van der Waals surface area contributed by atoms with E-state index in [0.29, 0.717) is 6.61 Å². The molecule has 0 spiro atoms. The minimum atomic E-state index is -4.52. The van der Waals surface area contributed by atoms with E-state index in [0.717, 1.165) is 57.8 Å². The molecule has 0 amide bonds. The zero-order valence-corrected chi connectivity index (χ0v) is 34.9. The lowest BCUT2D eigenvalue weighted by Crippen LogP contribution is -2.29. The van der Waals surface area contributed by atoms with Gasteiger partial charge in [0.05, 0.1) is 26.4 Å². The van der Waals surface area contributed by atoms with Gasteiger partial charge in [0.15, 0.2) is 0 Å². The average Bonchev–Trinajstić information content (AvgIpc) is 3.15. The first-order chi connectivity index (χ1) is 25.8. The maximum absolute atomic E-state index is 12.6. The van der Waals surface area contributed by atoms with Crippen LogP contribution >= 0.6 is 7.82 Å². The zero-order valence-electron chi connectivity index (χ0n) is 34.0. The summed E-state index contributed by atoms with van der Waals surface area (Å²) in [6.07, 6.45) is 42.4. The molecule has 0 bridgehead atoms. The molecule has 0 rings (SSSR count). The minimum Gasteiger partial charge on any atom is -0.457 e. The second-order valence-corrected chi connectivity index (χ2v) is 15.8. The molecule has 10 heteroatoms. The number of aliphatic hydroxyl groups is 2. The normalized spacial score (nSPS) is 14.4. The Hall–Kier alpha value is -1.32. The highest BCUT2D eigenvalue weighted by Gasteiger charge is 2.26. The third kappa shape index (κ3) is 40.2. The Morgan fingerprint density at radius 1 is 0.585 bits per heavy atom. The van der Waals surface area contributed by atoms with Gasteiger partial charge in [-0.05, 0) is 70.6 Å². The molecule has 0 saturated heterocycles. The van der Waals surface area contributed by atoms with E-state index >= 15 is 0 Å². The summed E-state index contributed by atoms with van der Waals surface area (Å²) in [5, 5.41) is 18.3. The van der Waals surface area contributed by atoms with Crippen LogP contribution < -0.4 is 0 Å². The summed E-state index contributed by atoms with van der Waals surface area (Å²) in [5.74, 6) is -0.389. The van der Waals surface area contributed by atoms with Crippen LogP contribution in [-0.2, 0) is 27.9 Å². The third-order valence-corrected chi connectivity index (χ3v) is 10.00. The van der Waals surface area contributed by atoms with Gasteiger partial charge in [-0.2, -0.15) is 0 Å². The summed E-state index contributed by atoms with van der Waals surface area (Å²) in [6.45, 7) is 3.46. The number of ether oxygens (including phenoxy) is 2. The van der Waals surface area contributed by atoms with E-state index in [1.807, 2.05) is 0 Å². The van der Waals surface area contributed by atoms with Crippen LogP contribution in [0, 0.1) is 0 Å². The number of hydrogen-bond donors (Lipinski definition) is 3. The topological polar surface area (TPSA) is 132 Å². The predicted molar refractivity (Wildman–Crippen MR) is 219 cm³/mol. The summed E-state index contributed by atoms with van der Waals surface area (Å²) in [6, 6.07) is 0. The molecule has 0 aromatic carbocycles. The number of phosphoric acid groups is 1. The Kier molecular flexibility index (Phi) is 39.3. The molecule has 0 aliphatic carbocycles. The van der Waals surface area contributed by atoms with E-state index in [1.165, 1.54) is 109 Å². The Labute approximate surface area is 325 Å². The highest BCUT2D eigenvalue weighted by Crippen LogP contribution is 2.43. The zero-order chi connectivity index (χ0) is 38.9. The molecular weight excluding hydrogens is 691 g/mol. The van der Waals surface area contributed by atoms with Crippen LogP contribution in [0.4, 0.5) is 0 Å². The Bertz CT molecular complexity index is 923. The third-order valence-electron chi connectivity index (χ3n) is 9.05. The van der Waals surface area contributed by atoms with Crippen molar-refractivity contribution < 1.29 is 43.0 Å². The number of phosphoric ester groups is 1. The SMILES string of the molecule is CCCCC/C=C\C/C=C\CCCCCCCCCCCC(=O)OC(COCCCCCCCC/C=C\CCCCC)COP(=O)(O)OCC(O)CO. The van der Waals surface area contributed by atoms with Gasteiger partial charge in [-0.3, -0.25) is 13.8 Å². The summed E-state index contributed by atoms with van der Waals surface area (Å²) >= 11 is 0. The van der Waals surface area contributed by atoms with Gasteiger partial charge in [-0.25, -0.2) is 4.57 Å². The van der Waals surface area contributed by atoms with Gasteiger partial charge in [0.2, 0.25) is 0 Å². The lowest BCUT2D eigenvalue weighted by atomic mass is 10.1. The quantitative estimate of drug-likeness (QED) is 0.0240. The number of aliphatic hydroxyl groups excluding tert-OH is 2. The van der Waals surface area contributed by atoms with Crippen LogP contribution in [-0.4, -0.2) is 66.3 Å². The van der Waals surface area contributed by atoms with Crippen molar-refractivity contribution in [3.63, 3.8) is 0 Å². The van der Waals surface area contributed by atoms with Crippen LogP contribution in [0.15, 0.2) is 36.5 Å². The maximum Gasteiger partial charge on any atom is 0.472 e. The number of carbonyl (C=O) groups excluding carboxylic acids is 1.